The van der Waals surface area contributed by atoms with Crippen LogP contribution in [0.1, 0.15) is 5.56 Å². The molecule has 0 atom stereocenters. The minimum atomic E-state index is -3.59. The van der Waals surface area contributed by atoms with Gasteiger partial charge in [0.05, 0.1) is 0 Å². The van der Waals surface area contributed by atoms with Crippen LogP contribution in [-0.4, -0.2) is 43.6 Å². The Morgan fingerprint density at radius 2 is 1.65 bits per heavy atom. The predicted octanol–water partition coefficient (Wildman–Crippen LogP) is 1.49. The molecule has 2 N–H and O–H groups in total. The second kappa shape index (κ2) is 7.34. The maximum Gasteiger partial charge on any atom is 0.302 e. The zero-order chi connectivity index (χ0) is 16.9. The van der Waals surface area contributed by atoms with Crippen molar-refractivity contribution in [3.63, 3.8) is 0 Å². The van der Waals surface area contributed by atoms with Crippen molar-refractivity contribution >= 4 is 21.8 Å². The number of anilines is 2. The molecule has 0 saturated heterocycles. The molecule has 1 heterocycles. The minimum absolute atomic E-state index is 0.141. The van der Waals surface area contributed by atoms with E-state index in [1.807, 2.05) is 0 Å². The molecule has 1 aromatic heterocycles. The third-order valence-corrected chi connectivity index (χ3v) is 4.44. The number of nitrogens with zero attached hydrogens (tertiary/aromatic N) is 3. The van der Waals surface area contributed by atoms with Crippen molar-refractivity contribution in [2.24, 2.45) is 0 Å². The van der Waals surface area contributed by atoms with Crippen LogP contribution >= 0.6 is 0 Å². The summed E-state index contributed by atoms with van der Waals surface area (Å²) in [6.07, 6.45) is 0.705. The molecule has 2 aromatic rings. The monoisotopic (exact) mass is 339 g/mol. The van der Waals surface area contributed by atoms with Crippen molar-refractivity contribution in [2.75, 3.05) is 30.7 Å². The molecule has 2 rings (SSSR count). The molecular formula is C14H18FN5O2S. The summed E-state index contributed by atoms with van der Waals surface area (Å²) in [5.41, 5.74) is 1.00. The van der Waals surface area contributed by atoms with Crippen LogP contribution in [0.15, 0.2) is 36.4 Å². The van der Waals surface area contributed by atoms with Crippen LogP contribution in [-0.2, 0) is 16.6 Å². The Kier molecular flexibility index (Phi) is 5.45. The average molecular weight is 339 g/mol. The van der Waals surface area contributed by atoms with Crippen LogP contribution in [0.4, 0.5) is 16.0 Å². The van der Waals surface area contributed by atoms with Crippen LogP contribution in [0, 0.1) is 5.82 Å². The van der Waals surface area contributed by atoms with Crippen molar-refractivity contribution in [3.05, 3.63) is 47.8 Å². The average Bonchev–Trinajstić information content (AvgIpc) is 2.50. The van der Waals surface area contributed by atoms with Crippen molar-refractivity contribution in [1.82, 2.24) is 14.5 Å². The van der Waals surface area contributed by atoms with Gasteiger partial charge in [0, 0.05) is 20.6 Å². The molecule has 0 aliphatic rings. The number of hydrogen-bond donors (Lipinski definition) is 2. The molecule has 124 valence electrons. The van der Waals surface area contributed by atoms with Gasteiger partial charge < -0.3 is 5.32 Å². The van der Waals surface area contributed by atoms with Crippen LogP contribution in [0.5, 0.6) is 0 Å². The molecule has 0 radical (unpaired) electrons. The molecule has 23 heavy (non-hydrogen) atoms. The minimum Gasteiger partial charge on any atom is -0.368 e. The van der Waals surface area contributed by atoms with Gasteiger partial charge in [-0.2, -0.15) is 12.7 Å². The van der Waals surface area contributed by atoms with Gasteiger partial charge in [-0.3, -0.25) is 4.72 Å². The summed E-state index contributed by atoms with van der Waals surface area (Å²) in [5, 5.41) is 10.8. The van der Waals surface area contributed by atoms with Gasteiger partial charge in [-0.05, 0) is 36.2 Å². The van der Waals surface area contributed by atoms with E-state index in [1.165, 1.54) is 32.3 Å². The first kappa shape index (κ1) is 17.1. The summed E-state index contributed by atoms with van der Waals surface area (Å²) in [7, 11) is -0.755. The molecule has 0 spiro atoms. The molecule has 0 aliphatic carbocycles. The molecule has 1 aromatic carbocycles. The topological polar surface area (TPSA) is 87.2 Å². The van der Waals surface area contributed by atoms with Gasteiger partial charge in [-0.15, -0.1) is 10.2 Å². The van der Waals surface area contributed by atoms with Crippen LogP contribution in [0.25, 0.3) is 0 Å². The van der Waals surface area contributed by atoms with Crippen molar-refractivity contribution in [2.45, 2.75) is 6.42 Å². The fourth-order valence-corrected chi connectivity index (χ4v) is 2.25. The maximum atomic E-state index is 12.8. The first-order valence-corrected chi connectivity index (χ1v) is 8.33. The molecule has 0 amide bonds. The normalized spacial score (nSPS) is 11.5. The van der Waals surface area contributed by atoms with E-state index in [4.69, 9.17) is 0 Å². The second-order valence-electron chi connectivity index (χ2n) is 5.00. The molecule has 0 saturated carbocycles. The van der Waals surface area contributed by atoms with Crippen molar-refractivity contribution in [3.8, 4) is 0 Å². The summed E-state index contributed by atoms with van der Waals surface area (Å²) < 4.78 is 39.4. The van der Waals surface area contributed by atoms with Crippen molar-refractivity contribution in [1.29, 1.82) is 0 Å². The molecule has 0 aliphatic heterocycles. The van der Waals surface area contributed by atoms with Gasteiger partial charge in [0.2, 0.25) is 0 Å². The Hall–Kier alpha value is -2.26. The van der Waals surface area contributed by atoms with E-state index in [-0.39, 0.29) is 11.6 Å². The molecule has 7 nitrogen and oxygen atoms in total. The molecule has 0 bridgehead atoms. The highest BCUT2D eigenvalue weighted by Crippen LogP contribution is 2.09. The first-order chi connectivity index (χ1) is 10.9. The van der Waals surface area contributed by atoms with Gasteiger partial charge in [0.15, 0.2) is 5.82 Å². The van der Waals surface area contributed by atoms with E-state index < -0.39 is 10.2 Å². The molecule has 0 unspecified atom stereocenters. The number of benzene rings is 1. The number of halogens is 1. The zero-order valence-corrected chi connectivity index (χ0v) is 13.6. The van der Waals surface area contributed by atoms with Gasteiger partial charge in [0.25, 0.3) is 0 Å². The lowest BCUT2D eigenvalue weighted by Crippen LogP contribution is -2.29. The molecule has 9 heteroatoms. The number of hydrogen-bond acceptors (Lipinski definition) is 5. The standard InChI is InChI=1S/C14H18FN5O2S/c1-20(2)23(21,22)19-14-8-7-13(17-18-14)16-10-9-11-3-5-12(15)6-4-11/h3-8H,9-10H2,1-2H3,(H,16,17)(H,18,19). The van der Waals surface area contributed by atoms with E-state index in [0.29, 0.717) is 18.8 Å². The van der Waals surface area contributed by atoms with Crippen molar-refractivity contribution < 1.29 is 12.8 Å². The second-order valence-corrected chi connectivity index (χ2v) is 6.88. The van der Waals surface area contributed by atoms with Gasteiger partial charge in [-0.1, -0.05) is 12.1 Å². The number of aromatic nitrogens is 2. The molecule has 0 fully saturated rings. The Morgan fingerprint density at radius 3 is 2.22 bits per heavy atom. The van der Waals surface area contributed by atoms with E-state index in [9.17, 15) is 12.8 Å². The Balaban J connectivity index is 1.86. The quantitative estimate of drug-likeness (QED) is 0.798. The highest BCUT2D eigenvalue weighted by atomic mass is 32.2. The lowest BCUT2D eigenvalue weighted by atomic mass is 10.1. The van der Waals surface area contributed by atoms with Crippen LogP contribution in [0.2, 0.25) is 0 Å². The largest absolute Gasteiger partial charge is 0.368 e. The van der Waals surface area contributed by atoms with E-state index in [0.717, 1.165) is 9.87 Å². The van der Waals surface area contributed by atoms with Gasteiger partial charge >= 0.3 is 10.2 Å². The Labute approximate surface area is 134 Å². The Bertz CT molecular complexity index is 733. The first-order valence-electron chi connectivity index (χ1n) is 6.89. The summed E-state index contributed by atoms with van der Waals surface area (Å²) >= 11 is 0. The summed E-state index contributed by atoms with van der Waals surface area (Å²) in [4.78, 5) is 0. The van der Waals surface area contributed by atoms with E-state index in [1.54, 1.807) is 18.2 Å². The highest BCUT2D eigenvalue weighted by Gasteiger charge is 2.13. The number of rotatable bonds is 7. The third kappa shape index (κ3) is 5.15. The van der Waals surface area contributed by atoms with Gasteiger partial charge in [-0.25, -0.2) is 4.39 Å². The summed E-state index contributed by atoms with van der Waals surface area (Å²) in [5.74, 6) is 0.408. The van der Waals surface area contributed by atoms with E-state index >= 15 is 0 Å². The number of nitrogens with one attached hydrogen (secondary N) is 2. The molecular weight excluding hydrogens is 321 g/mol. The van der Waals surface area contributed by atoms with Crippen LogP contribution in [0.3, 0.4) is 0 Å². The summed E-state index contributed by atoms with van der Waals surface area (Å²) in [6.45, 7) is 0.600. The van der Waals surface area contributed by atoms with Gasteiger partial charge in [0.1, 0.15) is 11.6 Å². The lowest BCUT2D eigenvalue weighted by molar-refractivity contribution is 0.526. The smallest absolute Gasteiger partial charge is 0.302 e. The highest BCUT2D eigenvalue weighted by molar-refractivity contribution is 7.90. The Morgan fingerprint density at radius 1 is 1.04 bits per heavy atom. The third-order valence-electron chi connectivity index (χ3n) is 3.01. The van der Waals surface area contributed by atoms with E-state index in [2.05, 4.69) is 20.2 Å². The fraction of sp³-hybridized carbons (Fsp3) is 0.286. The maximum absolute atomic E-state index is 12.8. The lowest BCUT2D eigenvalue weighted by Gasteiger charge is -2.12. The van der Waals surface area contributed by atoms with Crippen LogP contribution < -0.4 is 10.0 Å². The zero-order valence-electron chi connectivity index (χ0n) is 12.8. The fourth-order valence-electron chi connectivity index (χ4n) is 1.69. The predicted molar refractivity (Wildman–Crippen MR) is 86.9 cm³/mol. The SMILES string of the molecule is CN(C)S(=O)(=O)Nc1ccc(NCCc2ccc(F)cc2)nn1. The summed E-state index contributed by atoms with van der Waals surface area (Å²) in [6, 6.07) is 9.44.